The Morgan fingerprint density at radius 1 is 1.29 bits per heavy atom. The lowest BCUT2D eigenvalue weighted by atomic mass is 10.0. The molecule has 1 aliphatic rings. The summed E-state index contributed by atoms with van der Waals surface area (Å²) in [6, 6.07) is 4.86. The summed E-state index contributed by atoms with van der Waals surface area (Å²) >= 11 is 0. The minimum absolute atomic E-state index is 0.127. The number of carbonyl (C=O) groups is 3. The molecule has 130 valence electrons. The van der Waals surface area contributed by atoms with Gasteiger partial charge in [0.05, 0.1) is 12.3 Å². The van der Waals surface area contributed by atoms with Crippen molar-refractivity contribution in [3.63, 3.8) is 0 Å². The van der Waals surface area contributed by atoms with Crippen LogP contribution in [0.4, 0.5) is 5.69 Å². The van der Waals surface area contributed by atoms with Gasteiger partial charge in [0, 0.05) is 5.56 Å². The maximum atomic E-state index is 12.7. The third kappa shape index (κ3) is 3.75. The molecular weight excluding hydrogens is 310 g/mol. The van der Waals surface area contributed by atoms with Gasteiger partial charge in [0.15, 0.2) is 11.4 Å². The van der Waals surface area contributed by atoms with Gasteiger partial charge in [0.1, 0.15) is 12.3 Å². The molecule has 0 unspecified atom stereocenters. The van der Waals surface area contributed by atoms with Crippen molar-refractivity contribution in [2.75, 3.05) is 18.1 Å². The highest BCUT2D eigenvalue weighted by atomic mass is 16.5. The van der Waals surface area contributed by atoms with Crippen LogP contribution in [0.15, 0.2) is 18.2 Å². The van der Waals surface area contributed by atoms with Gasteiger partial charge in [-0.25, -0.2) is 0 Å². The third-order valence-electron chi connectivity index (χ3n) is 3.65. The van der Waals surface area contributed by atoms with E-state index >= 15 is 0 Å². The molecule has 0 saturated carbocycles. The molecule has 6 heteroatoms. The quantitative estimate of drug-likeness (QED) is 0.612. The third-order valence-corrected chi connectivity index (χ3v) is 3.65. The van der Waals surface area contributed by atoms with Crippen molar-refractivity contribution in [1.82, 2.24) is 0 Å². The Morgan fingerprint density at radius 2 is 1.96 bits per heavy atom. The zero-order valence-electron chi connectivity index (χ0n) is 14.7. The van der Waals surface area contributed by atoms with Gasteiger partial charge in [-0.1, -0.05) is 13.8 Å². The van der Waals surface area contributed by atoms with Crippen molar-refractivity contribution < 1.29 is 23.9 Å². The Morgan fingerprint density at radius 3 is 2.54 bits per heavy atom. The Labute approximate surface area is 141 Å². The molecule has 0 radical (unpaired) electrons. The van der Waals surface area contributed by atoms with E-state index in [1.165, 1.54) is 11.8 Å². The first-order chi connectivity index (χ1) is 11.1. The molecular formula is C18H23NO5. The number of carbonyl (C=O) groups excluding carboxylic acids is 3. The molecule has 0 bridgehead atoms. The number of fused-ring (bicyclic) bond motifs is 1. The molecule has 0 saturated heterocycles. The molecule has 2 rings (SSSR count). The maximum Gasteiger partial charge on any atom is 0.326 e. The highest BCUT2D eigenvalue weighted by Crippen LogP contribution is 2.38. The predicted octanol–water partition coefficient (Wildman–Crippen LogP) is 2.59. The molecule has 0 aliphatic carbocycles. The molecule has 6 nitrogen and oxygen atoms in total. The predicted molar refractivity (Wildman–Crippen MR) is 89.3 cm³/mol. The molecule has 0 aromatic heterocycles. The lowest BCUT2D eigenvalue weighted by Gasteiger charge is -2.38. The molecule has 1 aromatic rings. The Balaban J connectivity index is 2.34. The van der Waals surface area contributed by atoms with E-state index in [4.69, 9.17) is 9.47 Å². The van der Waals surface area contributed by atoms with Crippen molar-refractivity contribution in [1.29, 1.82) is 0 Å². The zero-order valence-corrected chi connectivity index (χ0v) is 14.7. The summed E-state index contributed by atoms with van der Waals surface area (Å²) in [6.07, 6.45) is 0. The first kappa shape index (κ1) is 18.0. The summed E-state index contributed by atoms with van der Waals surface area (Å²) in [5.74, 6) is -0.299. The SMILES string of the molecule is CC(=O)c1ccc2c(c1)N(CC(=O)OCC(C)C)C(=O)C(C)(C)O2. The lowest BCUT2D eigenvalue weighted by molar-refractivity contribution is -0.145. The van der Waals surface area contributed by atoms with Gasteiger partial charge in [-0.05, 0) is 44.9 Å². The fraction of sp³-hybridized carbons (Fsp3) is 0.500. The molecule has 1 aliphatic heterocycles. The summed E-state index contributed by atoms with van der Waals surface area (Å²) in [6.45, 7) is 8.68. The van der Waals surface area contributed by atoms with Crippen molar-refractivity contribution >= 4 is 23.3 Å². The summed E-state index contributed by atoms with van der Waals surface area (Å²) in [5, 5.41) is 0. The molecule has 0 fully saturated rings. The van der Waals surface area contributed by atoms with E-state index in [0.717, 1.165) is 0 Å². The highest BCUT2D eigenvalue weighted by molar-refractivity contribution is 6.06. The smallest absolute Gasteiger partial charge is 0.326 e. The van der Waals surface area contributed by atoms with E-state index < -0.39 is 11.6 Å². The second kappa shape index (κ2) is 6.63. The largest absolute Gasteiger partial charge is 0.476 e. The Bertz CT molecular complexity index is 678. The van der Waals surface area contributed by atoms with Crippen LogP contribution in [0.5, 0.6) is 5.75 Å². The summed E-state index contributed by atoms with van der Waals surface area (Å²) < 4.78 is 10.9. The minimum Gasteiger partial charge on any atom is -0.476 e. The number of hydrogen-bond acceptors (Lipinski definition) is 5. The number of ether oxygens (including phenoxy) is 2. The number of nitrogens with zero attached hydrogens (tertiary/aromatic N) is 1. The zero-order chi connectivity index (χ0) is 18.1. The van der Waals surface area contributed by atoms with Crippen molar-refractivity contribution in [3.05, 3.63) is 23.8 Å². The van der Waals surface area contributed by atoms with E-state index in [-0.39, 0.29) is 24.2 Å². The van der Waals surface area contributed by atoms with Gasteiger partial charge in [-0.15, -0.1) is 0 Å². The number of esters is 1. The number of amides is 1. The van der Waals surface area contributed by atoms with E-state index in [0.29, 0.717) is 23.6 Å². The van der Waals surface area contributed by atoms with Crippen LogP contribution in [-0.2, 0) is 14.3 Å². The number of hydrogen-bond donors (Lipinski definition) is 0. The van der Waals surface area contributed by atoms with Crippen LogP contribution in [-0.4, -0.2) is 36.4 Å². The average molecular weight is 333 g/mol. The van der Waals surface area contributed by atoms with Crippen LogP contribution in [0.25, 0.3) is 0 Å². The number of benzene rings is 1. The van der Waals surface area contributed by atoms with E-state index in [1.54, 1.807) is 32.0 Å². The van der Waals surface area contributed by atoms with Crippen LogP contribution < -0.4 is 9.64 Å². The molecule has 1 aromatic carbocycles. The van der Waals surface area contributed by atoms with E-state index in [1.807, 2.05) is 13.8 Å². The van der Waals surface area contributed by atoms with Gasteiger partial charge in [-0.2, -0.15) is 0 Å². The second-order valence-corrected chi connectivity index (χ2v) is 6.82. The van der Waals surface area contributed by atoms with Gasteiger partial charge in [-0.3, -0.25) is 19.3 Å². The van der Waals surface area contributed by atoms with E-state index in [9.17, 15) is 14.4 Å². The fourth-order valence-electron chi connectivity index (χ4n) is 2.38. The second-order valence-electron chi connectivity index (χ2n) is 6.82. The molecule has 24 heavy (non-hydrogen) atoms. The van der Waals surface area contributed by atoms with Crippen LogP contribution in [0, 0.1) is 5.92 Å². The summed E-state index contributed by atoms with van der Waals surface area (Å²) in [7, 11) is 0. The highest BCUT2D eigenvalue weighted by Gasteiger charge is 2.42. The van der Waals surface area contributed by atoms with Gasteiger partial charge in [0.2, 0.25) is 0 Å². The Hall–Kier alpha value is -2.37. The maximum absolute atomic E-state index is 12.7. The van der Waals surface area contributed by atoms with Crippen LogP contribution in [0.1, 0.15) is 45.0 Å². The standard InChI is InChI=1S/C18H23NO5/c1-11(2)10-23-16(21)9-19-14-8-13(12(3)20)6-7-15(14)24-18(4,5)17(19)22/h6-8,11H,9-10H2,1-5H3. The van der Waals surface area contributed by atoms with Crippen LogP contribution >= 0.6 is 0 Å². The van der Waals surface area contributed by atoms with E-state index in [2.05, 4.69) is 0 Å². The number of anilines is 1. The lowest BCUT2D eigenvalue weighted by Crippen LogP contribution is -2.54. The van der Waals surface area contributed by atoms with Crippen molar-refractivity contribution in [2.24, 2.45) is 5.92 Å². The minimum atomic E-state index is -1.09. The van der Waals surface area contributed by atoms with Gasteiger partial charge in [0.25, 0.3) is 5.91 Å². The van der Waals surface area contributed by atoms with Crippen molar-refractivity contribution in [3.8, 4) is 5.75 Å². The normalized spacial score (nSPS) is 15.8. The molecule has 0 atom stereocenters. The number of rotatable bonds is 5. The molecule has 1 amide bonds. The fourth-order valence-corrected chi connectivity index (χ4v) is 2.38. The van der Waals surface area contributed by atoms with Crippen LogP contribution in [0.3, 0.4) is 0 Å². The summed E-state index contributed by atoms with van der Waals surface area (Å²) in [5.41, 5.74) is -0.234. The van der Waals surface area contributed by atoms with Gasteiger partial charge < -0.3 is 9.47 Å². The van der Waals surface area contributed by atoms with Crippen LogP contribution in [0.2, 0.25) is 0 Å². The molecule has 0 N–H and O–H groups in total. The topological polar surface area (TPSA) is 72.9 Å². The molecule has 1 heterocycles. The van der Waals surface area contributed by atoms with Gasteiger partial charge >= 0.3 is 5.97 Å². The summed E-state index contributed by atoms with van der Waals surface area (Å²) in [4.78, 5) is 37.7. The average Bonchev–Trinajstić information content (AvgIpc) is 2.49. The number of Topliss-reactive ketones (excluding diaryl/α,β-unsaturated/α-hetero) is 1. The number of ketones is 1. The first-order valence-electron chi connectivity index (χ1n) is 7.93. The molecule has 0 spiro atoms. The Kier molecular flexibility index (Phi) is 4.96. The monoisotopic (exact) mass is 333 g/mol. The first-order valence-corrected chi connectivity index (χ1v) is 7.93. The van der Waals surface area contributed by atoms with Crippen molar-refractivity contribution in [2.45, 2.75) is 40.2 Å².